The number of rotatable bonds is 5. The summed E-state index contributed by atoms with van der Waals surface area (Å²) >= 11 is 0. The Labute approximate surface area is 127 Å². The Kier molecular flexibility index (Phi) is 5.62. The summed E-state index contributed by atoms with van der Waals surface area (Å²) in [7, 11) is 0. The molecule has 0 radical (unpaired) electrons. The fourth-order valence-electron chi connectivity index (χ4n) is 2.87. The number of nitrogens with one attached hydrogen (secondary N) is 2. The number of carbonyl (C=O) groups excluding carboxylic acids is 1. The highest BCUT2D eigenvalue weighted by Crippen LogP contribution is 2.25. The molecule has 2 N–H and O–H groups in total. The van der Waals surface area contributed by atoms with Gasteiger partial charge in [-0.15, -0.1) is 0 Å². The van der Waals surface area contributed by atoms with Gasteiger partial charge in [0.05, 0.1) is 0 Å². The molecule has 4 heteroatoms. The summed E-state index contributed by atoms with van der Waals surface area (Å²) in [4.78, 5) is 11.2. The molecule has 0 bridgehead atoms. The van der Waals surface area contributed by atoms with Crippen molar-refractivity contribution in [2.75, 3.05) is 23.8 Å². The van der Waals surface area contributed by atoms with Crippen molar-refractivity contribution in [1.82, 2.24) is 0 Å². The second-order valence-corrected chi connectivity index (χ2v) is 6.05. The molecule has 4 nitrogen and oxygen atoms in total. The molecule has 1 aliphatic heterocycles. The van der Waals surface area contributed by atoms with E-state index in [0.29, 0.717) is 6.04 Å². The van der Waals surface area contributed by atoms with Gasteiger partial charge in [0, 0.05) is 37.6 Å². The number of hydrogen-bond donors (Lipinski definition) is 2. The van der Waals surface area contributed by atoms with Crippen LogP contribution in [0.2, 0.25) is 0 Å². The zero-order valence-corrected chi connectivity index (χ0v) is 13.2. The molecule has 116 valence electrons. The first-order chi connectivity index (χ1) is 10.0. The number of carbonyl (C=O) groups is 1. The lowest BCUT2D eigenvalue weighted by Gasteiger charge is -2.26. The maximum atomic E-state index is 11.2. The second-order valence-electron chi connectivity index (χ2n) is 6.05. The Morgan fingerprint density at radius 2 is 2.10 bits per heavy atom. The van der Waals surface area contributed by atoms with E-state index in [0.717, 1.165) is 49.8 Å². The van der Waals surface area contributed by atoms with E-state index >= 15 is 0 Å². The van der Waals surface area contributed by atoms with Crippen LogP contribution in [0.5, 0.6) is 0 Å². The van der Waals surface area contributed by atoms with Gasteiger partial charge in [-0.3, -0.25) is 4.79 Å². The first-order valence-corrected chi connectivity index (χ1v) is 7.77. The van der Waals surface area contributed by atoms with Crippen molar-refractivity contribution in [2.24, 2.45) is 5.92 Å². The van der Waals surface area contributed by atoms with Gasteiger partial charge in [0.15, 0.2) is 0 Å². The SMILES string of the molecule is CC(=O)Nc1ccc(C)c(NC(C)CC2CCOCC2)c1. The zero-order chi connectivity index (χ0) is 15.2. The third-order valence-electron chi connectivity index (χ3n) is 3.99. The number of anilines is 2. The van der Waals surface area contributed by atoms with Crippen molar-refractivity contribution in [1.29, 1.82) is 0 Å². The summed E-state index contributed by atoms with van der Waals surface area (Å²) in [5.41, 5.74) is 3.14. The van der Waals surface area contributed by atoms with Crippen molar-refractivity contribution >= 4 is 17.3 Å². The molecule has 1 atom stereocenters. The Bertz CT molecular complexity index is 482. The average molecular weight is 290 g/mol. The van der Waals surface area contributed by atoms with Crippen molar-refractivity contribution < 1.29 is 9.53 Å². The van der Waals surface area contributed by atoms with Crippen molar-refractivity contribution in [3.63, 3.8) is 0 Å². The number of hydrogen-bond acceptors (Lipinski definition) is 3. The van der Waals surface area contributed by atoms with Crippen LogP contribution in [0.25, 0.3) is 0 Å². The third kappa shape index (κ3) is 5.05. The zero-order valence-electron chi connectivity index (χ0n) is 13.2. The summed E-state index contributed by atoms with van der Waals surface area (Å²) in [5.74, 6) is 0.708. The molecule has 1 aliphatic rings. The van der Waals surface area contributed by atoms with Crippen molar-refractivity contribution in [3.8, 4) is 0 Å². The average Bonchev–Trinajstić information content (AvgIpc) is 2.43. The Balaban J connectivity index is 1.95. The van der Waals surface area contributed by atoms with Crippen LogP contribution in [0, 0.1) is 12.8 Å². The number of amides is 1. The fourth-order valence-corrected chi connectivity index (χ4v) is 2.87. The Morgan fingerprint density at radius 1 is 1.38 bits per heavy atom. The lowest BCUT2D eigenvalue weighted by molar-refractivity contribution is -0.114. The third-order valence-corrected chi connectivity index (χ3v) is 3.99. The Morgan fingerprint density at radius 3 is 2.76 bits per heavy atom. The molecule has 2 rings (SSSR count). The first kappa shape index (κ1) is 15.8. The first-order valence-electron chi connectivity index (χ1n) is 7.77. The molecular formula is C17H26N2O2. The van der Waals surface area contributed by atoms with Crippen LogP contribution in [0.15, 0.2) is 18.2 Å². The van der Waals surface area contributed by atoms with E-state index in [1.54, 1.807) is 0 Å². The highest BCUT2D eigenvalue weighted by Gasteiger charge is 2.17. The van der Waals surface area contributed by atoms with E-state index in [2.05, 4.69) is 24.5 Å². The van der Waals surface area contributed by atoms with Crippen LogP contribution in [0.1, 0.15) is 38.7 Å². The molecule has 1 aromatic rings. The monoisotopic (exact) mass is 290 g/mol. The fraction of sp³-hybridized carbons (Fsp3) is 0.588. The minimum Gasteiger partial charge on any atom is -0.382 e. The molecule has 0 aromatic heterocycles. The van der Waals surface area contributed by atoms with Gasteiger partial charge in [-0.05, 0) is 56.7 Å². The molecule has 21 heavy (non-hydrogen) atoms. The van der Waals surface area contributed by atoms with Gasteiger partial charge < -0.3 is 15.4 Å². The molecule has 1 saturated heterocycles. The van der Waals surface area contributed by atoms with Gasteiger partial charge >= 0.3 is 0 Å². The quantitative estimate of drug-likeness (QED) is 0.871. The van der Waals surface area contributed by atoms with E-state index in [-0.39, 0.29) is 5.91 Å². The highest BCUT2D eigenvalue weighted by molar-refractivity contribution is 5.89. The van der Waals surface area contributed by atoms with Gasteiger partial charge in [0.1, 0.15) is 0 Å². The van der Waals surface area contributed by atoms with Crippen LogP contribution in [0.3, 0.4) is 0 Å². The smallest absolute Gasteiger partial charge is 0.221 e. The summed E-state index contributed by atoms with van der Waals surface area (Å²) in [5, 5.41) is 6.41. The predicted octanol–water partition coefficient (Wildman–Crippen LogP) is 3.57. The van der Waals surface area contributed by atoms with Gasteiger partial charge in [-0.25, -0.2) is 0 Å². The topological polar surface area (TPSA) is 50.4 Å². The molecule has 0 aliphatic carbocycles. The molecule has 1 amide bonds. The largest absolute Gasteiger partial charge is 0.382 e. The Hall–Kier alpha value is -1.55. The molecule has 0 spiro atoms. The normalized spacial score (nSPS) is 17.3. The minimum absolute atomic E-state index is 0.0416. The van der Waals surface area contributed by atoms with Crippen molar-refractivity contribution in [2.45, 2.75) is 46.1 Å². The van der Waals surface area contributed by atoms with Gasteiger partial charge in [-0.2, -0.15) is 0 Å². The standard InChI is InChI=1S/C17H26N2O2/c1-12-4-5-16(19-14(3)20)11-17(12)18-13(2)10-15-6-8-21-9-7-15/h4-5,11,13,15,18H,6-10H2,1-3H3,(H,19,20). The lowest BCUT2D eigenvalue weighted by atomic mass is 9.93. The van der Waals surface area contributed by atoms with E-state index in [4.69, 9.17) is 4.74 Å². The van der Waals surface area contributed by atoms with Gasteiger partial charge in [0.25, 0.3) is 0 Å². The summed E-state index contributed by atoms with van der Waals surface area (Å²) in [6, 6.07) is 6.40. The number of benzene rings is 1. The van der Waals surface area contributed by atoms with Crippen LogP contribution in [-0.2, 0) is 9.53 Å². The van der Waals surface area contributed by atoms with E-state index in [1.165, 1.54) is 12.5 Å². The summed E-state index contributed by atoms with van der Waals surface area (Å²) < 4.78 is 5.41. The van der Waals surface area contributed by atoms with Gasteiger partial charge in [-0.1, -0.05) is 6.07 Å². The molecule has 0 saturated carbocycles. The molecule has 1 aromatic carbocycles. The molecule has 1 heterocycles. The second kappa shape index (κ2) is 7.46. The molecule has 1 fully saturated rings. The minimum atomic E-state index is -0.0416. The summed E-state index contributed by atoms with van der Waals surface area (Å²) in [6.45, 7) is 7.63. The van der Waals surface area contributed by atoms with E-state index < -0.39 is 0 Å². The van der Waals surface area contributed by atoms with Gasteiger partial charge in [0.2, 0.25) is 5.91 Å². The van der Waals surface area contributed by atoms with Crippen LogP contribution >= 0.6 is 0 Å². The van der Waals surface area contributed by atoms with Crippen LogP contribution in [0.4, 0.5) is 11.4 Å². The van der Waals surface area contributed by atoms with Crippen molar-refractivity contribution in [3.05, 3.63) is 23.8 Å². The predicted molar refractivity (Wildman–Crippen MR) is 86.7 cm³/mol. The highest BCUT2D eigenvalue weighted by atomic mass is 16.5. The van der Waals surface area contributed by atoms with E-state index in [1.807, 2.05) is 18.2 Å². The number of ether oxygens (including phenoxy) is 1. The maximum absolute atomic E-state index is 11.2. The van der Waals surface area contributed by atoms with E-state index in [9.17, 15) is 4.79 Å². The lowest BCUT2D eigenvalue weighted by Crippen LogP contribution is -2.24. The van der Waals surface area contributed by atoms with Crippen LogP contribution < -0.4 is 10.6 Å². The number of aryl methyl sites for hydroxylation is 1. The maximum Gasteiger partial charge on any atom is 0.221 e. The van der Waals surface area contributed by atoms with Crippen LogP contribution in [-0.4, -0.2) is 25.2 Å². The summed E-state index contributed by atoms with van der Waals surface area (Å²) in [6.07, 6.45) is 3.49. The molecule has 1 unspecified atom stereocenters. The molecular weight excluding hydrogens is 264 g/mol.